The average molecular weight is 257 g/mol. The van der Waals surface area contributed by atoms with Crippen molar-refractivity contribution in [1.29, 1.82) is 0 Å². The van der Waals surface area contributed by atoms with Crippen LogP contribution in [0.5, 0.6) is 0 Å². The van der Waals surface area contributed by atoms with Crippen LogP contribution in [0.2, 0.25) is 0 Å². The SMILES string of the molecule is CC(C)(C)O.Cc1[c-]c(C)cc(C)c1.[Cu+]. The minimum Gasteiger partial charge on any atom is -0.391 e. The normalized spacial score (nSPS) is 9.80. The van der Waals surface area contributed by atoms with E-state index in [0.29, 0.717) is 0 Å². The van der Waals surface area contributed by atoms with E-state index in [2.05, 4.69) is 39.0 Å². The minimum atomic E-state index is -0.500. The second-order valence-corrected chi connectivity index (χ2v) is 4.69. The van der Waals surface area contributed by atoms with Crippen LogP contribution in [0.3, 0.4) is 0 Å². The van der Waals surface area contributed by atoms with Crippen LogP contribution < -0.4 is 0 Å². The van der Waals surface area contributed by atoms with Crippen molar-refractivity contribution >= 4 is 0 Å². The van der Waals surface area contributed by atoms with Gasteiger partial charge in [-0.25, -0.2) is 0 Å². The molecule has 0 heterocycles. The third kappa shape index (κ3) is 13.7. The van der Waals surface area contributed by atoms with Crippen LogP contribution >= 0.6 is 0 Å². The van der Waals surface area contributed by atoms with Gasteiger partial charge in [-0.3, -0.25) is 0 Å². The molecule has 0 aliphatic heterocycles. The topological polar surface area (TPSA) is 20.2 Å². The molecule has 2 heteroatoms. The molecule has 0 aromatic heterocycles. The van der Waals surface area contributed by atoms with Crippen molar-refractivity contribution in [3.8, 4) is 0 Å². The second kappa shape index (κ2) is 7.05. The van der Waals surface area contributed by atoms with Gasteiger partial charge < -0.3 is 5.11 Å². The van der Waals surface area contributed by atoms with Gasteiger partial charge in [-0.05, 0) is 20.8 Å². The van der Waals surface area contributed by atoms with Crippen LogP contribution in [0.25, 0.3) is 0 Å². The molecule has 0 saturated heterocycles. The van der Waals surface area contributed by atoms with Crippen molar-refractivity contribution < 1.29 is 22.2 Å². The number of hydrogen-bond donors (Lipinski definition) is 1. The fourth-order valence-corrected chi connectivity index (χ4v) is 1.11. The summed E-state index contributed by atoms with van der Waals surface area (Å²) in [5.41, 5.74) is 3.28. The number of hydrogen-bond acceptors (Lipinski definition) is 1. The maximum absolute atomic E-state index is 8.52. The van der Waals surface area contributed by atoms with Crippen molar-refractivity contribution in [2.75, 3.05) is 0 Å². The molecule has 1 nitrogen and oxygen atoms in total. The molecule has 0 bridgehead atoms. The van der Waals surface area contributed by atoms with Gasteiger partial charge in [0.1, 0.15) is 0 Å². The van der Waals surface area contributed by atoms with Crippen LogP contribution in [-0.2, 0) is 17.1 Å². The Balaban J connectivity index is 0. The van der Waals surface area contributed by atoms with Crippen molar-refractivity contribution in [2.45, 2.75) is 47.1 Å². The minimum absolute atomic E-state index is 0. The number of aryl methyl sites for hydroxylation is 3. The third-order valence-corrected chi connectivity index (χ3v) is 1.28. The van der Waals surface area contributed by atoms with Gasteiger partial charge in [0.15, 0.2) is 0 Å². The Kier molecular flexibility index (Phi) is 8.04. The Bertz CT molecular complexity index is 231. The fraction of sp³-hybridized carbons (Fsp3) is 0.538. The van der Waals surface area contributed by atoms with Gasteiger partial charge in [0.25, 0.3) is 0 Å². The molecule has 0 amide bonds. The second-order valence-electron chi connectivity index (χ2n) is 4.69. The molecule has 0 saturated carbocycles. The molecule has 0 unspecified atom stereocenters. The fourth-order valence-electron chi connectivity index (χ4n) is 1.11. The van der Waals surface area contributed by atoms with Crippen LogP contribution in [0.15, 0.2) is 12.1 Å². The first-order valence-electron chi connectivity index (χ1n) is 4.88. The van der Waals surface area contributed by atoms with Crippen molar-refractivity contribution in [2.24, 2.45) is 0 Å². The smallest absolute Gasteiger partial charge is 0.391 e. The van der Waals surface area contributed by atoms with E-state index in [4.69, 9.17) is 5.11 Å². The van der Waals surface area contributed by atoms with E-state index in [0.717, 1.165) is 0 Å². The largest absolute Gasteiger partial charge is 1.00 e. The van der Waals surface area contributed by atoms with E-state index in [-0.39, 0.29) is 17.1 Å². The predicted molar refractivity (Wildman–Crippen MR) is 61.5 cm³/mol. The van der Waals surface area contributed by atoms with Crippen LogP contribution in [0.4, 0.5) is 0 Å². The quantitative estimate of drug-likeness (QED) is 0.558. The summed E-state index contributed by atoms with van der Waals surface area (Å²) in [5.74, 6) is 0. The maximum atomic E-state index is 8.52. The maximum Gasteiger partial charge on any atom is 1.00 e. The van der Waals surface area contributed by atoms with E-state index >= 15 is 0 Å². The molecule has 1 aromatic carbocycles. The van der Waals surface area contributed by atoms with E-state index in [1.807, 2.05) is 0 Å². The zero-order chi connectivity index (χ0) is 11.4. The summed E-state index contributed by atoms with van der Waals surface area (Å²) in [7, 11) is 0. The third-order valence-electron chi connectivity index (χ3n) is 1.28. The summed E-state index contributed by atoms with van der Waals surface area (Å²) in [6.45, 7) is 11.5. The molecule has 15 heavy (non-hydrogen) atoms. The summed E-state index contributed by atoms with van der Waals surface area (Å²) in [4.78, 5) is 0. The Labute approximate surface area is 104 Å². The molecule has 0 aliphatic rings. The van der Waals surface area contributed by atoms with Crippen molar-refractivity contribution in [3.63, 3.8) is 0 Å². The van der Waals surface area contributed by atoms with Gasteiger partial charge in [-0.1, -0.05) is 20.8 Å². The van der Waals surface area contributed by atoms with Crippen LogP contribution in [0.1, 0.15) is 37.5 Å². The zero-order valence-electron chi connectivity index (χ0n) is 10.4. The van der Waals surface area contributed by atoms with E-state index < -0.39 is 5.60 Å². The molecule has 0 radical (unpaired) electrons. The van der Waals surface area contributed by atoms with Gasteiger partial charge in [0, 0.05) is 0 Å². The molecule has 1 aromatic rings. The summed E-state index contributed by atoms with van der Waals surface area (Å²) in [6, 6.07) is 7.47. The van der Waals surface area contributed by atoms with Crippen LogP contribution in [-0.4, -0.2) is 10.7 Å². The first-order chi connectivity index (χ1) is 6.18. The van der Waals surface area contributed by atoms with Gasteiger partial charge in [0.2, 0.25) is 0 Å². The molecular weight excluding hydrogens is 236 g/mol. The average Bonchev–Trinajstić information content (AvgIpc) is 1.77. The number of rotatable bonds is 0. The predicted octanol–water partition coefficient (Wildman–Crippen LogP) is 3.19. The van der Waals surface area contributed by atoms with E-state index in [1.54, 1.807) is 20.8 Å². The summed E-state index contributed by atoms with van der Waals surface area (Å²) in [6.07, 6.45) is 0. The Morgan fingerprint density at radius 1 is 1.00 bits per heavy atom. The first-order valence-corrected chi connectivity index (χ1v) is 4.88. The molecule has 1 rings (SSSR count). The number of aliphatic hydroxyl groups is 1. The van der Waals surface area contributed by atoms with Gasteiger partial charge in [-0.2, -0.15) is 34.9 Å². The molecule has 0 atom stereocenters. The van der Waals surface area contributed by atoms with E-state index in [9.17, 15) is 0 Å². The summed E-state index contributed by atoms with van der Waals surface area (Å²) in [5, 5.41) is 8.52. The monoisotopic (exact) mass is 256 g/mol. The van der Waals surface area contributed by atoms with Crippen molar-refractivity contribution in [3.05, 3.63) is 34.9 Å². The standard InChI is InChI=1S/C9H11.C4H10O.Cu/c1-7-4-8(2)6-9(3)5-7;1-4(2,3)5;/h4-5H,1-3H3;5H,1-3H3;/q-1;;+1. The summed E-state index contributed by atoms with van der Waals surface area (Å²) >= 11 is 0. The van der Waals surface area contributed by atoms with E-state index in [1.165, 1.54) is 16.7 Å². The molecule has 0 spiro atoms. The molecule has 0 fully saturated rings. The molecule has 0 aliphatic carbocycles. The first kappa shape index (κ1) is 17.1. The van der Waals surface area contributed by atoms with Crippen molar-refractivity contribution in [1.82, 2.24) is 0 Å². The van der Waals surface area contributed by atoms with Crippen LogP contribution in [0, 0.1) is 26.8 Å². The molecule has 90 valence electrons. The molecular formula is C13H21CuO. The zero-order valence-corrected chi connectivity index (χ0v) is 11.3. The van der Waals surface area contributed by atoms with Gasteiger partial charge in [0.05, 0.1) is 5.60 Å². The summed E-state index contributed by atoms with van der Waals surface area (Å²) < 4.78 is 0. The Morgan fingerprint density at radius 3 is 1.47 bits per heavy atom. The molecule has 1 N–H and O–H groups in total. The Hall–Kier alpha value is -0.301. The van der Waals surface area contributed by atoms with Gasteiger partial charge >= 0.3 is 17.1 Å². The number of benzene rings is 1. The Morgan fingerprint density at radius 2 is 1.27 bits per heavy atom. The van der Waals surface area contributed by atoms with Gasteiger partial charge in [-0.15, -0.1) is 0 Å².